The van der Waals surface area contributed by atoms with E-state index in [-0.39, 0.29) is 11.7 Å². The van der Waals surface area contributed by atoms with Gasteiger partial charge in [-0.1, -0.05) is 11.6 Å². The van der Waals surface area contributed by atoms with Gasteiger partial charge in [0.15, 0.2) is 0 Å². The van der Waals surface area contributed by atoms with Crippen molar-refractivity contribution in [3.05, 3.63) is 33.2 Å². The van der Waals surface area contributed by atoms with Gasteiger partial charge >= 0.3 is 5.69 Å². The number of imidazole rings is 1. The van der Waals surface area contributed by atoms with Gasteiger partial charge < -0.3 is 14.6 Å². The van der Waals surface area contributed by atoms with Crippen LogP contribution in [0.25, 0.3) is 11.0 Å². The lowest BCUT2D eigenvalue weighted by Crippen LogP contribution is -2.45. The normalized spacial score (nSPS) is 25.3. The van der Waals surface area contributed by atoms with E-state index in [1.807, 2.05) is 23.6 Å². The maximum atomic E-state index is 12.6. The van der Waals surface area contributed by atoms with E-state index in [0.29, 0.717) is 17.2 Å². The molecule has 1 aliphatic heterocycles. The molecular weight excluding hydrogens is 362 g/mol. The summed E-state index contributed by atoms with van der Waals surface area (Å²) in [5, 5.41) is 0.702. The van der Waals surface area contributed by atoms with E-state index in [9.17, 15) is 4.79 Å². The first-order valence-corrected chi connectivity index (χ1v) is 10.7. The number of halogens is 1. The number of likely N-dealkylation sites (tertiary alicyclic amines) is 1. The summed E-state index contributed by atoms with van der Waals surface area (Å²) in [7, 11) is 0. The van der Waals surface area contributed by atoms with Crippen LogP contribution in [0.2, 0.25) is 5.02 Å². The van der Waals surface area contributed by atoms with Gasteiger partial charge in [0, 0.05) is 36.8 Å². The Kier molecular flexibility index (Phi) is 5.62. The summed E-state index contributed by atoms with van der Waals surface area (Å²) in [4.78, 5) is 18.2. The third-order valence-corrected chi connectivity index (χ3v) is 6.83. The number of fused-ring (bicyclic) bond motifs is 1. The number of rotatable bonds is 4. The van der Waals surface area contributed by atoms with Crippen molar-refractivity contribution in [1.82, 2.24) is 14.5 Å². The smallest absolute Gasteiger partial charge is 0.326 e. The second kappa shape index (κ2) is 7.98. The zero-order valence-corrected chi connectivity index (χ0v) is 17.1. The third kappa shape index (κ3) is 3.82. The van der Waals surface area contributed by atoms with Gasteiger partial charge in [0.1, 0.15) is 0 Å². The fourth-order valence-corrected chi connectivity index (χ4v) is 5.10. The van der Waals surface area contributed by atoms with E-state index in [4.69, 9.17) is 16.3 Å². The molecule has 1 N–H and O–H groups in total. The van der Waals surface area contributed by atoms with Crippen LogP contribution in [0.4, 0.5) is 0 Å². The number of ether oxygens (including phenoxy) is 1. The van der Waals surface area contributed by atoms with Crippen LogP contribution in [-0.2, 0) is 4.74 Å². The van der Waals surface area contributed by atoms with Gasteiger partial charge in [-0.3, -0.25) is 4.57 Å². The molecule has 4 rings (SSSR count). The van der Waals surface area contributed by atoms with Crippen LogP contribution in [0.5, 0.6) is 0 Å². The molecule has 0 spiro atoms. The highest BCUT2D eigenvalue weighted by Gasteiger charge is 2.30. The molecule has 6 heteroatoms. The molecule has 0 bridgehead atoms. The summed E-state index contributed by atoms with van der Waals surface area (Å²) in [6.45, 7) is 7.04. The van der Waals surface area contributed by atoms with Crippen LogP contribution in [0.15, 0.2) is 16.9 Å². The minimum absolute atomic E-state index is 0.0117. The predicted octanol–water partition coefficient (Wildman–Crippen LogP) is 4.28. The molecule has 2 heterocycles. The Balaban J connectivity index is 1.43. The zero-order valence-electron chi connectivity index (χ0n) is 16.3. The Morgan fingerprint density at radius 1 is 1.11 bits per heavy atom. The molecular formula is C21H30ClN3O2. The van der Waals surface area contributed by atoms with Crippen LogP contribution < -0.4 is 5.69 Å². The molecule has 1 aliphatic carbocycles. The molecule has 0 atom stereocenters. The van der Waals surface area contributed by atoms with Crippen LogP contribution in [0.3, 0.4) is 0 Å². The molecule has 2 fully saturated rings. The van der Waals surface area contributed by atoms with Crippen molar-refractivity contribution >= 4 is 22.6 Å². The molecule has 1 aromatic heterocycles. The second-order valence-electron chi connectivity index (χ2n) is 8.07. The quantitative estimate of drug-likeness (QED) is 0.846. The lowest BCUT2D eigenvalue weighted by Gasteiger charge is -2.41. The van der Waals surface area contributed by atoms with Crippen LogP contribution in [0.1, 0.15) is 57.1 Å². The highest BCUT2D eigenvalue weighted by Crippen LogP contribution is 2.31. The number of aryl methyl sites for hydroxylation is 1. The SMILES string of the molecule is CCOC1CCC(N2CCC(n3c(=O)[nH]c4cc(Cl)c(C)cc43)CC2)CC1. The lowest BCUT2D eigenvalue weighted by molar-refractivity contribution is 0.00796. The maximum Gasteiger partial charge on any atom is 0.326 e. The Bertz CT molecular complexity index is 843. The second-order valence-corrected chi connectivity index (χ2v) is 8.48. The standard InChI is InChI=1S/C21H30ClN3O2/c1-3-27-17-6-4-15(5-7-17)24-10-8-16(9-11-24)25-20-12-14(2)18(22)13-19(20)23-21(25)26/h12-13,15-17H,3-11H2,1-2H3,(H,23,26). The van der Waals surface area contributed by atoms with E-state index in [1.165, 1.54) is 25.7 Å². The van der Waals surface area contributed by atoms with E-state index in [1.54, 1.807) is 0 Å². The van der Waals surface area contributed by atoms with Crippen LogP contribution in [-0.4, -0.2) is 46.3 Å². The van der Waals surface area contributed by atoms with Gasteiger partial charge in [-0.05, 0) is 70.1 Å². The van der Waals surface area contributed by atoms with Crippen molar-refractivity contribution in [1.29, 1.82) is 0 Å². The molecule has 0 unspecified atom stereocenters. The predicted molar refractivity (Wildman–Crippen MR) is 110 cm³/mol. The van der Waals surface area contributed by atoms with Crippen molar-refractivity contribution in [2.75, 3.05) is 19.7 Å². The Labute approximate surface area is 165 Å². The Hall–Kier alpha value is -1.30. The van der Waals surface area contributed by atoms with Crippen LogP contribution in [0, 0.1) is 6.92 Å². The Morgan fingerprint density at radius 2 is 1.81 bits per heavy atom. The molecule has 1 saturated heterocycles. The zero-order chi connectivity index (χ0) is 19.0. The van der Waals surface area contributed by atoms with Crippen molar-refractivity contribution < 1.29 is 4.74 Å². The van der Waals surface area contributed by atoms with Gasteiger partial charge in [-0.15, -0.1) is 0 Å². The number of hydrogen-bond acceptors (Lipinski definition) is 3. The summed E-state index contributed by atoms with van der Waals surface area (Å²) in [5.74, 6) is 0. The maximum absolute atomic E-state index is 12.6. The number of piperidine rings is 1. The first kappa shape index (κ1) is 19.0. The van der Waals surface area contributed by atoms with Gasteiger partial charge in [0.2, 0.25) is 0 Å². The fraction of sp³-hybridized carbons (Fsp3) is 0.667. The van der Waals surface area contributed by atoms with E-state index < -0.39 is 0 Å². The minimum atomic E-state index is -0.0117. The van der Waals surface area contributed by atoms with Gasteiger partial charge in [-0.2, -0.15) is 0 Å². The fourth-order valence-electron chi connectivity index (χ4n) is 4.93. The topological polar surface area (TPSA) is 50.3 Å². The van der Waals surface area contributed by atoms with Crippen molar-refractivity contribution in [3.63, 3.8) is 0 Å². The number of aromatic nitrogens is 2. The third-order valence-electron chi connectivity index (χ3n) is 6.42. The molecule has 0 amide bonds. The average Bonchev–Trinajstić information content (AvgIpc) is 2.98. The van der Waals surface area contributed by atoms with E-state index in [2.05, 4.69) is 16.8 Å². The molecule has 2 aromatic rings. The van der Waals surface area contributed by atoms with E-state index >= 15 is 0 Å². The summed E-state index contributed by atoms with van der Waals surface area (Å²) in [5.41, 5.74) is 2.83. The number of hydrogen-bond donors (Lipinski definition) is 1. The molecule has 1 saturated carbocycles. The van der Waals surface area contributed by atoms with Crippen molar-refractivity contribution in [3.8, 4) is 0 Å². The summed E-state index contributed by atoms with van der Waals surface area (Å²) in [6, 6.07) is 4.86. The summed E-state index contributed by atoms with van der Waals surface area (Å²) < 4.78 is 7.75. The van der Waals surface area contributed by atoms with Gasteiger partial charge in [0.05, 0.1) is 17.1 Å². The highest BCUT2D eigenvalue weighted by atomic mass is 35.5. The van der Waals surface area contributed by atoms with Crippen molar-refractivity contribution in [2.24, 2.45) is 0 Å². The number of nitrogens with zero attached hydrogens (tertiary/aromatic N) is 2. The first-order valence-electron chi connectivity index (χ1n) is 10.3. The molecule has 0 radical (unpaired) electrons. The minimum Gasteiger partial charge on any atom is -0.379 e. The largest absolute Gasteiger partial charge is 0.379 e. The van der Waals surface area contributed by atoms with Gasteiger partial charge in [0.25, 0.3) is 0 Å². The molecule has 2 aliphatic rings. The number of nitrogens with one attached hydrogen (secondary N) is 1. The summed E-state index contributed by atoms with van der Waals surface area (Å²) >= 11 is 6.22. The Morgan fingerprint density at radius 3 is 2.48 bits per heavy atom. The molecule has 5 nitrogen and oxygen atoms in total. The molecule has 27 heavy (non-hydrogen) atoms. The van der Waals surface area contributed by atoms with Gasteiger partial charge in [-0.25, -0.2) is 4.79 Å². The average molecular weight is 392 g/mol. The molecule has 148 valence electrons. The lowest BCUT2D eigenvalue weighted by atomic mass is 9.90. The van der Waals surface area contributed by atoms with E-state index in [0.717, 1.165) is 49.1 Å². The van der Waals surface area contributed by atoms with Crippen LogP contribution >= 0.6 is 11.6 Å². The summed E-state index contributed by atoms with van der Waals surface area (Å²) in [6.07, 6.45) is 7.35. The van der Waals surface area contributed by atoms with Crippen molar-refractivity contribution in [2.45, 2.75) is 70.6 Å². The number of aromatic amines is 1. The monoisotopic (exact) mass is 391 g/mol. The first-order chi connectivity index (χ1) is 13.1. The highest BCUT2D eigenvalue weighted by molar-refractivity contribution is 6.32. The number of H-pyrrole nitrogens is 1. The number of benzene rings is 1. The molecule has 1 aromatic carbocycles.